The molecule has 0 saturated heterocycles. The Labute approximate surface area is 134 Å². The van der Waals surface area contributed by atoms with Crippen LogP contribution in [0.1, 0.15) is 44.9 Å². The number of sulfonamides is 1. The van der Waals surface area contributed by atoms with E-state index in [0.29, 0.717) is 15.2 Å². The Hall–Kier alpha value is 0.0500. The molecule has 1 aromatic rings. The fourth-order valence-corrected chi connectivity index (χ4v) is 5.74. The van der Waals surface area contributed by atoms with Crippen LogP contribution in [0, 0.1) is 0 Å². The molecule has 0 aliphatic heterocycles. The van der Waals surface area contributed by atoms with Crippen molar-refractivity contribution in [3.05, 3.63) is 14.7 Å². The van der Waals surface area contributed by atoms with Crippen molar-refractivity contribution < 1.29 is 8.42 Å². The van der Waals surface area contributed by atoms with Crippen molar-refractivity contribution in [1.82, 2.24) is 10.0 Å². The molecule has 0 fully saturated rings. The fourth-order valence-electron chi connectivity index (χ4n) is 1.81. The smallest absolute Gasteiger partial charge is 0.242 e. The first-order valence-electron chi connectivity index (χ1n) is 6.92. The third-order valence-electron chi connectivity index (χ3n) is 2.89. The Morgan fingerprint density at radius 1 is 1.40 bits per heavy atom. The largest absolute Gasteiger partial charge is 0.312 e. The number of hydrogen-bond donors (Lipinski definition) is 2. The van der Waals surface area contributed by atoms with E-state index in [-0.39, 0.29) is 6.04 Å². The van der Waals surface area contributed by atoms with Gasteiger partial charge in [0.05, 0.1) is 3.79 Å². The van der Waals surface area contributed by atoms with E-state index in [1.54, 1.807) is 6.07 Å². The summed E-state index contributed by atoms with van der Waals surface area (Å²) in [7, 11) is -3.44. The molecule has 0 aliphatic carbocycles. The van der Waals surface area contributed by atoms with E-state index < -0.39 is 10.0 Å². The Morgan fingerprint density at radius 3 is 2.70 bits per heavy atom. The molecule has 0 radical (unpaired) electrons. The van der Waals surface area contributed by atoms with Crippen molar-refractivity contribution in [1.29, 1.82) is 0 Å². The normalized spacial score (nSPS) is 13.6. The van der Waals surface area contributed by atoms with E-state index in [4.69, 9.17) is 0 Å². The van der Waals surface area contributed by atoms with Gasteiger partial charge in [0.1, 0.15) is 4.90 Å². The highest BCUT2D eigenvalue weighted by molar-refractivity contribution is 9.11. The summed E-state index contributed by atoms with van der Waals surface area (Å²) in [6, 6.07) is 1.70. The van der Waals surface area contributed by atoms with Crippen molar-refractivity contribution in [3.63, 3.8) is 0 Å². The molecule has 0 amide bonds. The minimum atomic E-state index is -3.44. The van der Waals surface area contributed by atoms with Gasteiger partial charge >= 0.3 is 0 Å². The molecule has 1 unspecified atom stereocenters. The molecule has 2 N–H and O–H groups in total. The molecule has 0 saturated carbocycles. The monoisotopic (exact) mass is 382 g/mol. The molecule has 1 rings (SSSR count). The van der Waals surface area contributed by atoms with E-state index in [1.807, 2.05) is 13.8 Å². The van der Waals surface area contributed by atoms with E-state index in [0.717, 1.165) is 30.7 Å². The Bertz CT molecular complexity index is 514. The molecule has 1 heterocycles. The van der Waals surface area contributed by atoms with Crippen LogP contribution in [0.25, 0.3) is 0 Å². The standard InChI is InChI=1S/C13H23BrN2O2S2/c1-4-6-7-10(3)16-20(17,18)12-8-11(9-15-5-2)19-13(12)14/h8,10,15-16H,4-7,9H2,1-3H3. The van der Waals surface area contributed by atoms with Crippen LogP contribution in [-0.2, 0) is 16.6 Å². The van der Waals surface area contributed by atoms with E-state index in [2.05, 4.69) is 32.9 Å². The van der Waals surface area contributed by atoms with E-state index in [9.17, 15) is 8.42 Å². The molecule has 0 aromatic carbocycles. The predicted molar refractivity (Wildman–Crippen MR) is 88.7 cm³/mol. The van der Waals surface area contributed by atoms with Gasteiger partial charge in [-0.05, 0) is 41.9 Å². The van der Waals surface area contributed by atoms with Gasteiger partial charge in [0, 0.05) is 17.5 Å². The molecule has 0 spiro atoms. The highest BCUT2D eigenvalue weighted by Crippen LogP contribution is 2.31. The first-order chi connectivity index (χ1) is 9.40. The number of halogens is 1. The lowest BCUT2D eigenvalue weighted by Gasteiger charge is -2.13. The quantitative estimate of drug-likeness (QED) is 0.687. The summed E-state index contributed by atoms with van der Waals surface area (Å²) in [6.45, 7) is 7.60. The number of hydrogen-bond acceptors (Lipinski definition) is 4. The van der Waals surface area contributed by atoms with Gasteiger partial charge in [0.25, 0.3) is 0 Å². The molecule has 20 heavy (non-hydrogen) atoms. The zero-order valence-electron chi connectivity index (χ0n) is 12.2. The third kappa shape index (κ3) is 5.44. The first kappa shape index (κ1) is 18.1. The maximum absolute atomic E-state index is 12.4. The topological polar surface area (TPSA) is 58.2 Å². The zero-order valence-corrected chi connectivity index (χ0v) is 15.4. The summed E-state index contributed by atoms with van der Waals surface area (Å²) < 4.78 is 28.1. The molecule has 1 atom stereocenters. The maximum Gasteiger partial charge on any atom is 0.242 e. The first-order valence-corrected chi connectivity index (χ1v) is 10.0. The minimum Gasteiger partial charge on any atom is -0.312 e. The molecule has 1 aromatic heterocycles. The second kappa shape index (κ2) is 8.48. The highest BCUT2D eigenvalue weighted by Gasteiger charge is 2.22. The molecule has 0 aliphatic rings. The average Bonchev–Trinajstić information content (AvgIpc) is 2.75. The maximum atomic E-state index is 12.4. The molecule has 0 bridgehead atoms. The van der Waals surface area contributed by atoms with Gasteiger partial charge in [-0.15, -0.1) is 11.3 Å². The Morgan fingerprint density at radius 2 is 2.10 bits per heavy atom. The lowest BCUT2D eigenvalue weighted by molar-refractivity contribution is 0.534. The molecular formula is C13H23BrN2O2S2. The van der Waals surface area contributed by atoms with Gasteiger partial charge in [-0.2, -0.15) is 0 Å². The van der Waals surface area contributed by atoms with Crippen molar-refractivity contribution in [3.8, 4) is 0 Å². The average molecular weight is 383 g/mol. The summed E-state index contributed by atoms with van der Waals surface area (Å²) in [4.78, 5) is 1.36. The fraction of sp³-hybridized carbons (Fsp3) is 0.692. The zero-order chi connectivity index (χ0) is 15.2. The van der Waals surface area contributed by atoms with Crippen LogP contribution in [0.3, 0.4) is 0 Å². The molecular weight excluding hydrogens is 360 g/mol. The van der Waals surface area contributed by atoms with Crippen LogP contribution >= 0.6 is 27.3 Å². The highest BCUT2D eigenvalue weighted by atomic mass is 79.9. The van der Waals surface area contributed by atoms with Crippen molar-refractivity contribution in [2.24, 2.45) is 0 Å². The van der Waals surface area contributed by atoms with Crippen LogP contribution in [-0.4, -0.2) is 21.0 Å². The summed E-state index contributed by atoms with van der Waals surface area (Å²) in [5.41, 5.74) is 0. The van der Waals surface area contributed by atoms with Gasteiger partial charge < -0.3 is 5.32 Å². The van der Waals surface area contributed by atoms with Crippen LogP contribution in [0.4, 0.5) is 0 Å². The molecule has 4 nitrogen and oxygen atoms in total. The SMILES string of the molecule is CCCCC(C)NS(=O)(=O)c1cc(CNCC)sc1Br. The van der Waals surface area contributed by atoms with Gasteiger partial charge in [0.15, 0.2) is 0 Å². The summed E-state index contributed by atoms with van der Waals surface area (Å²) in [6.07, 6.45) is 2.96. The molecule has 7 heteroatoms. The second-order valence-corrected chi connectivity index (χ2v) is 8.93. The summed E-state index contributed by atoms with van der Waals surface area (Å²) in [5, 5.41) is 3.20. The van der Waals surface area contributed by atoms with Crippen molar-refractivity contribution in [2.45, 2.75) is 57.5 Å². The van der Waals surface area contributed by atoms with Crippen molar-refractivity contribution in [2.75, 3.05) is 6.54 Å². The number of unbranched alkanes of at least 4 members (excludes halogenated alkanes) is 1. The van der Waals surface area contributed by atoms with Gasteiger partial charge in [-0.3, -0.25) is 0 Å². The van der Waals surface area contributed by atoms with Gasteiger partial charge in [-0.1, -0.05) is 26.7 Å². The Kier molecular flexibility index (Phi) is 7.68. The van der Waals surface area contributed by atoms with Crippen LogP contribution < -0.4 is 10.0 Å². The third-order valence-corrected chi connectivity index (χ3v) is 6.73. The van der Waals surface area contributed by atoms with Crippen LogP contribution in [0.2, 0.25) is 0 Å². The Balaban J connectivity index is 2.78. The van der Waals surface area contributed by atoms with Crippen LogP contribution in [0.5, 0.6) is 0 Å². The number of nitrogens with one attached hydrogen (secondary N) is 2. The van der Waals surface area contributed by atoms with Gasteiger partial charge in [0.2, 0.25) is 10.0 Å². The van der Waals surface area contributed by atoms with E-state index >= 15 is 0 Å². The van der Waals surface area contributed by atoms with E-state index in [1.165, 1.54) is 11.3 Å². The number of rotatable bonds is 9. The van der Waals surface area contributed by atoms with Gasteiger partial charge in [-0.25, -0.2) is 13.1 Å². The summed E-state index contributed by atoms with van der Waals surface area (Å²) in [5.74, 6) is 0. The minimum absolute atomic E-state index is 0.0380. The van der Waals surface area contributed by atoms with Crippen molar-refractivity contribution >= 4 is 37.3 Å². The lowest BCUT2D eigenvalue weighted by atomic mass is 10.2. The number of thiophene rings is 1. The lowest BCUT2D eigenvalue weighted by Crippen LogP contribution is -2.32. The summed E-state index contributed by atoms with van der Waals surface area (Å²) >= 11 is 4.82. The predicted octanol–water partition coefficient (Wildman–Crippen LogP) is 3.48. The van der Waals surface area contributed by atoms with Crippen LogP contribution in [0.15, 0.2) is 14.7 Å². The second-order valence-electron chi connectivity index (χ2n) is 4.80. The molecule has 116 valence electrons.